The molecule has 11 heteroatoms. The Morgan fingerprint density at radius 1 is 1.18 bits per heavy atom. The van der Waals surface area contributed by atoms with Crippen LogP contribution in [0.15, 0.2) is 53.5 Å². The third kappa shape index (κ3) is 7.19. The van der Waals surface area contributed by atoms with Crippen LogP contribution in [0.25, 0.3) is 0 Å². The summed E-state index contributed by atoms with van der Waals surface area (Å²) in [6.45, 7) is 1.24. The van der Waals surface area contributed by atoms with Crippen molar-refractivity contribution in [2.75, 3.05) is 25.0 Å². The molecule has 0 saturated carbocycles. The Morgan fingerprint density at radius 3 is 2.67 bits per heavy atom. The Morgan fingerprint density at radius 2 is 1.97 bits per heavy atom. The van der Waals surface area contributed by atoms with E-state index in [0.717, 1.165) is 19.5 Å². The zero-order valence-electron chi connectivity index (χ0n) is 17.5. The molecule has 0 fully saturated rings. The number of benzene rings is 2. The Hall–Kier alpha value is -3.11. The molecule has 0 spiro atoms. The number of carbonyl (C=O) groups is 3. The second-order valence-electron chi connectivity index (χ2n) is 7.24. The summed E-state index contributed by atoms with van der Waals surface area (Å²) in [7, 11) is 0. The Bertz CT molecular complexity index is 1060. The van der Waals surface area contributed by atoms with E-state index in [-0.39, 0.29) is 6.54 Å². The number of hydrogen-bond donors (Lipinski definition) is 5. The van der Waals surface area contributed by atoms with E-state index in [1.165, 1.54) is 6.07 Å². The van der Waals surface area contributed by atoms with E-state index in [0.29, 0.717) is 27.8 Å². The highest BCUT2D eigenvalue weighted by Gasteiger charge is 2.29. The first kappa shape index (κ1) is 24.5. The fraction of sp³-hybridized carbons (Fsp3) is 0.273. The van der Waals surface area contributed by atoms with Crippen LogP contribution in [-0.2, 0) is 9.59 Å². The van der Waals surface area contributed by atoms with E-state index in [4.69, 9.17) is 11.6 Å². The summed E-state index contributed by atoms with van der Waals surface area (Å²) in [5.41, 5.74) is 1.48. The average molecular weight is 537 g/mol. The Kier molecular flexibility index (Phi) is 8.67. The van der Waals surface area contributed by atoms with Crippen molar-refractivity contribution >= 4 is 57.0 Å². The molecule has 2 aromatic carbocycles. The molecular weight excluding hydrogens is 514 g/mol. The fourth-order valence-electron chi connectivity index (χ4n) is 3.18. The largest absolute Gasteiger partial charge is 0.481 e. The minimum atomic E-state index is -1.13. The van der Waals surface area contributed by atoms with Crippen molar-refractivity contribution in [3.8, 4) is 0 Å². The number of carboxylic acids is 1. The van der Waals surface area contributed by atoms with Crippen LogP contribution in [0.1, 0.15) is 28.3 Å². The van der Waals surface area contributed by atoms with Crippen LogP contribution >= 0.6 is 27.5 Å². The molecule has 1 heterocycles. The first-order valence-electron chi connectivity index (χ1n) is 10.2. The van der Waals surface area contributed by atoms with Crippen molar-refractivity contribution in [2.45, 2.75) is 17.3 Å². The maximum absolute atomic E-state index is 12.5. The van der Waals surface area contributed by atoms with Gasteiger partial charge in [-0.25, -0.2) is 0 Å². The SMILES string of the molecule is O=C(CNC(=O)c1cccc(NC2=NCCCN2)c1)NC(Br)C(C(=O)O)c1cccc(Cl)c1. The zero-order chi connectivity index (χ0) is 23.8. The maximum Gasteiger partial charge on any atom is 0.313 e. The molecule has 0 bridgehead atoms. The highest BCUT2D eigenvalue weighted by atomic mass is 79.9. The molecule has 3 rings (SSSR count). The van der Waals surface area contributed by atoms with Gasteiger partial charge in [0.2, 0.25) is 5.91 Å². The minimum Gasteiger partial charge on any atom is -0.481 e. The van der Waals surface area contributed by atoms with E-state index in [1.54, 1.807) is 42.5 Å². The van der Waals surface area contributed by atoms with E-state index in [9.17, 15) is 19.5 Å². The molecule has 0 aliphatic carbocycles. The average Bonchev–Trinajstić information content (AvgIpc) is 2.78. The van der Waals surface area contributed by atoms with E-state index in [2.05, 4.69) is 42.2 Å². The van der Waals surface area contributed by atoms with Crippen molar-refractivity contribution in [1.82, 2.24) is 16.0 Å². The third-order valence-electron chi connectivity index (χ3n) is 4.76. The second kappa shape index (κ2) is 11.7. The number of amides is 2. The summed E-state index contributed by atoms with van der Waals surface area (Å²) in [6, 6.07) is 13.2. The topological polar surface area (TPSA) is 132 Å². The molecule has 33 heavy (non-hydrogen) atoms. The van der Waals surface area contributed by atoms with Gasteiger partial charge < -0.3 is 26.4 Å². The molecule has 0 aromatic heterocycles. The number of guanidine groups is 1. The molecule has 9 nitrogen and oxygen atoms in total. The number of alkyl halides is 1. The lowest BCUT2D eigenvalue weighted by Crippen LogP contribution is -2.43. The standard InChI is InChI=1S/C22H23BrClN5O4/c23-19(18(21(32)33)13-4-1-6-15(24)10-13)29-17(30)12-27-20(31)14-5-2-7-16(11-14)28-22-25-8-3-9-26-22/h1-2,4-7,10-11,18-19H,3,8-9,12H2,(H,27,31)(H,29,30)(H,32,33)(H2,25,26,28). The van der Waals surface area contributed by atoms with Crippen LogP contribution in [0.2, 0.25) is 5.02 Å². The van der Waals surface area contributed by atoms with Crippen LogP contribution in [0.4, 0.5) is 5.69 Å². The Labute approximate surface area is 204 Å². The van der Waals surface area contributed by atoms with Gasteiger partial charge in [-0.2, -0.15) is 0 Å². The van der Waals surface area contributed by atoms with E-state index < -0.39 is 28.7 Å². The van der Waals surface area contributed by atoms with Gasteiger partial charge in [-0.1, -0.05) is 45.7 Å². The van der Waals surface area contributed by atoms with Gasteiger partial charge in [0.1, 0.15) is 10.9 Å². The van der Waals surface area contributed by atoms with Crippen LogP contribution in [0.5, 0.6) is 0 Å². The number of anilines is 1. The second-order valence-corrected chi connectivity index (χ2v) is 8.66. The van der Waals surface area contributed by atoms with Crippen LogP contribution < -0.4 is 21.3 Å². The zero-order valence-corrected chi connectivity index (χ0v) is 19.8. The van der Waals surface area contributed by atoms with Crippen molar-refractivity contribution in [3.63, 3.8) is 0 Å². The molecule has 2 atom stereocenters. The van der Waals surface area contributed by atoms with Gasteiger partial charge in [-0.3, -0.25) is 19.4 Å². The van der Waals surface area contributed by atoms with Crippen molar-refractivity contribution in [2.24, 2.45) is 4.99 Å². The quantitative estimate of drug-likeness (QED) is 0.260. The summed E-state index contributed by atoms with van der Waals surface area (Å²) in [4.78, 5) is 40.0. The summed E-state index contributed by atoms with van der Waals surface area (Å²) >= 11 is 9.18. The van der Waals surface area contributed by atoms with Crippen LogP contribution in [-0.4, -0.2) is 53.4 Å². The number of nitrogens with zero attached hydrogens (tertiary/aromatic N) is 1. The molecule has 5 N–H and O–H groups in total. The highest BCUT2D eigenvalue weighted by Crippen LogP contribution is 2.26. The summed E-state index contributed by atoms with van der Waals surface area (Å²) in [6.07, 6.45) is 0.969. The third-order valence-corrected chi connectivity index (χ3v) is 5.75. The number of aliphatic carboxylic acids is 1. The molecule has 0 saturated heterocycles. The van der Waals surface area contributed by atoms with Gasteiger partial charge in [-0.05, 0) is 42.3 Å². The van der Waals surface area contributed by atoms with Gasteiger partial charge in [0, 0.05) is 29.4 Å². The van der Waals surface area contributed by atoms with Crippen molar-refractivity contribution < 1.29 is 19.5 Å². The first-order chi connectivity index (χ1) is 15.8. The van der Waals surface area contributed by atoms with Gasteiger partial charge in [0.05, 0.1) is 6.54 Å². The molecule has 174 valence electrons. The van der Waals surface area contributed by atoms with Gasteiger partial charge >= 0.3 is 5.97 Å². The Balaban J connectivity index is 1.55. The molecule has 0 radical (unpaired) electrons. The summed E-state index contributed by atoms with van der Waals surface area (Å²) in [5, 5.41) is 21.3. The van der Waals surface area contributed by atoms with E-state index >= 15 is 0 Å². The minimum absolute atomic E-state index is 0.325. The van der Waals surface area contributed by atoms with Crippen molar-refractivity contribution in [3.05, 3.63) is 64.7 Å². The smallest absolute Gasteiger partial charge is 0.313 e. The fourth-order valence-corrected chi connectivity index (χ4v) is 4.16. The monoisotopic (exact) mass is 535 g/mol. The molecule has 1 aliphatic heterocycles. The van der Waals surface area contributed by atoms with Crippen LogP contribution in [0.3, 0.4) is 0 Å². The summed E-state index contributed by atoms with van der Waals surface area (Å²) in [5.74, 6) is -2.54. The lowest BCUT2D eigenvalue weighted by molar-refractivity contribution is -0.139. The summed E-state index contributed by atoms with van der Waals surface area (Å²) < 4.78 is 0. The molecular formula is C22H23BrClN5O4. The van der Waals surface area contributed by atoms with Crippen molar-refractivity contribution in [1.29, 1.82) is 0 Å². The normalized spacial score (nSPS) is 14.8. The van der Waals surface area contributed by atoms with Gasteiger partial charge in [0.25, 0.3) is 5.91 Å². The number of rotatable bonds is 8. The van der Waals surface area contributed by atoms with Crippen LogP contribution in [0, 0.1) is 0 Å². The molecule has 2 amide bonds. The number of hydrogen-bond acceptors (Lipinski definition) is 6. The molecule has 2 unspecified atom stereocenters. The lowest BCUT2D eigenvalue weighted by Gasteiger charge is -2.20. The molecule has 2 aromatic rings. The predicted molar refractivity (Wildman–Crippen MR) is 130 cm³/mol. The number of halogens is 2. The molecule has 1 aliphatic rings. The highest BCUT2D eigenvalue weighted by molar-refractivity contribution is 9.09. The number of aliphatic imine (C=N–C) groups is 1. The predicted octanol–water partition coefficient (Wildman–Crippen LogP) is 2.54. The van der Waals surface area contributed by atoms with Gasteiger partial charge in [-0.15, -0.1) is 0 Å². The number of carboxylic acid groups (broad SMARTS) is 1. The van der Waals surface area contributed by atoms with E-state index in [1.807, 2.05) is 0 Å². The lowest BCUT2D eigenvalue weighted by atomic mass is 9.99. The number of nitrogens with one attached hydrogen (secondary N) is 4. The number of carbonyl (C=O) groups excluding carboxylic acids is 2. The van der Waals surface area contributed by atoms with Gasteiger partial charge in [0.15, 0.2) is 5.96 Å². The first-order valence-corrected chi connectivity index (χ1v) is 11.5. The maximum atomic E-state index is 12.5.